The van der Waals surface area contributed by atoms with Crippen LogP contribution in [-0.4, -0.2) is 36.7 Å². The van der Waals surface area contributed by atoms with Gasteiger partial charge in [-0.25, -0.2) is 4.57 Å². The van der Waals surface area contributed by atoms with Gasteiger partial charge in [-0.2, -0.15) is 18.3 Å². The van der Waals surface area contributed by atoms with Crippen molar-refractivity contribution in [3.05, 3.63) is 63.2 Å². The highest BCUT2D eigenvalue weighted by Gasteiger charge is 2.38. The van der Waals surface area contributed by atoms with Gasteiger partial charge in [0.25, 0.3) is 5.91 Å². The van der Waals surface area contributed by atoms with E-state index in [0.29, 0.717) is 24.1 Å². The Morgan fingerprint density at radius 3 is 2.70 bits per heavy atom. The maximum atomic E-state index is 13.6. The molecule has 0 aliphatic carbocycles. The number of fused-ring (bicyclic) bond motifs is 1. The third-order valence-corrected chi connectivity index (χ3v) is 4.81. The molecule has 0 atom stereocenters. The largest absolute Gasteiger partial charge is 0.435 e. The van der Waals surface area contributed by atoms with Gasteiger partial charge in [0.05, 0.1) is 6.54 Å². The van der Waals surface area contributed by atoms with Crippen LogP contribution in [0.25, 0.3) is 11.1 Å². The van der Waals surface area contributed by atoms with Crippen LogP contribution in [0.1, 0.15) is 27.2 Å². The van der Waals surface area contributed by atoms with Gasteiger partial charge in [-0.1, -0.05) is 4.98 Å². The van der Waals surface area contributed by atoms with E-state index in [0.717, 1.165) is 4.68 Å². The minimum atomic E-state index is -4.68. The van der Waals surface area contributed by atoms with Crippen molar-refractivity contribution in [1.29, 1.82) is 0 Å². The molecule has 4 rings (SSSR count). The number of imidazole rings is 1. The van der Waals surface area contributed by atoms with Crippen molar-refractivity contribution in [2.75, 3.05) is 6.54 Å². The molecule has 0 spiro atoms. The third-order valence-electron chi connectivity index (χ3n) is 4.81. The second-order valence-electron chi connectivity index (χ2n) is 6.85. The van der Waals surface area contributed by atoms with Gasteiger partial charge in [0.1, 0.15) is 12.4 Å². The molecule has 156 valence electrons. The predicted molar refractivity (Wildman–Crippen MR) is 97.7 cm³/mol. The predicted octanol–water partition coefficient (Wildman–Crippen LogP) is 2.54. The van der Waals surface area contributed by atoms with Crippen LogP contribution in [0.2, 0.25) is 0 Å². The van der Waals surface area contributed by atoms with E-state index in [1.807, 2.05) is 0 Å². The van der Waals surface area contributed by atoms with Crippen LogP contribution >= 0.6 is 0 Å². The number of halogens is 3. The zero-order chi connectivity index (χ0) is 21.6. The highest BCUT2D eigenvalue weighted by atomic mass is 19.4. The number of benzene rings is 1. The van der Waals surface area contributed by atoms with E-state index in [1.54, 1.807) is 6.07 Å². The zero-order valence-electron chi connectivity index (χ0n) is 15.6. The molecule has 0 unspecified atom stereocenters. The van der Waals surface area contributed by atoms with Crippen LogP contribution in [0, 0.1) is 10.1 Å². The Balaban J connectivity index is 1.90. The van der Waals surface area contributed by atoms with Crippen LogP contribution in [0.3, 0.4) is 0 Å². The van der Waals surface area contributed by atoms with E-state index >= 15 is 0 Å². The first-order valence-corrected chi connectivity index (χ1v) is 8.86. The summed E-state index contributed by atoms with van der Waals surface area (Å²) >= 11 is 0. The van der Waals surface area contributed by atoms with Crippen molar-refractivity contribution in [1.82, 2.24) is 24.6 Å². The summed E-state index contributed by atoms with van der Waals surface area (Å²) in [6, 6.07) is 3.06. The van der Waals surface area contributed by atoms with Crippen LogP contribution in [0.5, 0.6) is 0 Å². The zero-order valence-corrected chi connectivity index (χ0v) is 15.6. The monoisotopic (exact) mass is 420 g/mol. The summed E-state index contributed by atoms with van der Waals surface area (Å²) in [5, 5.41) is 17.4. The van der Waals surface area contributed by atoms with E-state index in [-0.39, 0.29) is 23.2 Å². The van der Waals surface area contributed by atoms with E-state index in [9.17, 15) is 28.1 Å². The van der Waals surface area contributed by atoms with Gasteiger partial charge >= 0.3 is 12.1 Å². The molecule has 1 aliphatic rings. The molecule has 3 aromatic rings. The van der Waals surface area contributed by atoms with Crippen molar-refractivity contribution in [2.45, 2.75) is 19.1 Å². The van der Waals surface area contributed by atoms with Gasteiger partial charge in [0.15, 0.2) is 5.69 Å². The Bertz CT molecular complexity index is 1160. The number of amides is 1. The highest BCUT2D eigenvalue weighted by molar-refractivity contribution is 5.99. The van der Waals surface area contributed by atoms with Gasteiger partial charge in [-0.05, 0) is 40.2 Å². The minimum Gasteiger partial charge on any atom is -0.390 e. The molecule has 0 saturated heterocycles. The average molecular weight is 420 g/mol. The SMILES string of the molecule is Cn1cc(-c2cc(Cn3ccnc3[N+](=O)[O-])cc3c2CCNC3=O)c(C(F)(F)F)n1. The van der Waals surface area contributed by atoms with Gasteiger partial charge in [0, 0.05) is 30.9 Å². The van der Waals surface area contributed by atoms with E-state index in [4.69, 9.17) is 0 Å². The second-order valence-corrected chi connectivity index (χ2v) is 6.85. The summed E-state index contributed by atoms with van der Waals surface area (Å²) in [4.78, 5) is 26.5. The lowest BCUT2D eigenvalue weighted by Gasteiger charge is -2.21. The molecule has 30 heavy (non-hydrogen) atoms. The molecule has 9 nitrogen and oxygen atoms in total. The number of nitrogens with one attached hydrogen (secondary N) is 1. The lowest BCUT2D eigenvalue weighted by Crippen LogP contribution is -2.32. The molecular weight excluding hydrogens is 405 g/mol. The standard InChI is InChI=1S/C18H15F3N6O3/c1-25-9-14(15(24-25)18(19,20)21)12-6-10(7-13-11(12)2-3-22-16(13)28)8-26-5-4-23-17(26)27(29)30/h4-7,9H,2-3,8H2,1H3,(H,22,28). The van der Waals surface area contributed by atoms with Crippen LogP contribution in [0.15, 0.2) is 30.7 Å². The molecule has 1 N–H and O–H groups in total. The molecule has 12 heteroatoms. The molecule has 1 amide bonds. The lowest BCUT2D eigenvalue weighted by molar-refractivity contribution is -0.396. The molecular formula is C18H15F3N6O3. The van der Waals surface area contributed by atoms with Crippen molar-refractivity contribution < 1.29 is 22.9 Å². The summed E-state index contributed by atoms with van der Waals surface area (Å²) in [6.45, 7) is 0.262. The number of alkyl halides is 3. The number of carbonyl (C=O) groups excluding carboxylic acids is 1. The number of carbonyl (C=O) groups is 1. The lowest BCUT2D eigenvalue weighted by atomic mass is 9.89. The summed E-state index contributed by atoms with van der Waals surface area (Å²) in [7, 11) is 1.39. The summed E-state index contributed by atoms with van der Waals surface area (Å²) in [6.07, 6.45) is -0.419. The van der Waals surface area contributed by atoms with Crippen molar-refractivity contribution in [3.8, 4) is 11.1 Å². The fraction of sp³-hybridized carbons (Fsp3) is 0.278. The number of nitro groups is 1. The van der Waals surface area contributed by atoms with Gasteiger partial charge in [-0.3, -0.25) is 9.48 Å². The van der Waals surface area contributed by atoms with Crippen LogP contribution < -0.4 is 5.32 Å². The summed E-state index contributed by atoms with van der Waals surface area (Å²) in [5.41, 5.74) is 0.205. The fourth-order valence-corrected chi connectivity index (χ4v) is 3.62. The molecule has 3 heterocycles. The molecule has 0 fully saturated rings. The first-order chi connectivity index (χ1) is 14.1. The second kappa shape index (κ2) is 6.97. The Labute approximate surface area is 167 Å². The van der Waals surface area contributed by atoms with E-state index in [1.165, 1.54) is 36.3 Å². The first-order valence-electron chi connectivity index (χ1n) is 8.86. The Hall–Kier alpha value is -3.70. The van der Waals surface area contributed by atoms with Crippen LogP contribution in [-0.2, 0) is 26.2 Å². The number of hydrogen-bond acceptors (Lipinski definition) is 5. The number of hydrogen-bond donors (Lipinski definition) is 1. The maximum Gasteiger partial charge on any atom is 0.435 e. The minimum absolute atomic E-state index is 0.0362. The number of rotatable bonds is 4. The molecule has 0 saturated carbocycles. The Kier molecular flexibility index (Phi) is 4.56. The van der Waals surface area contributed by atoms with Crippen molar-refractivity contribution in [2.24, 2.45) is 7.05 Å². The molecule has 0 bridgehead atoms. The highest BCUT2D eigenvalue weighted by Crippen LogP contribution is 2.39. The van der Waals surface area contributed by atoms with Gasteiger partial charge in [-0.15, -0.1) is 0 Å². The van der Waals surface area contributed by atoms with Gasteiger partial charge < -0.3 is 15.4 Å². The number of nitrogens with zero attached hydrogens (tertiary/aromatic N) is 5. The average Bonchev–Trinajstić information content (AvgIpc) is 3.28. The summed E-state index contributed by atoms with van der Waals surface area (Å²) in [5.74, 6) is -0.812. The maximum absolute atomic E-state index is 13.6. The van der Waals surface area contributed by atoms with Crippen LogP contribution in [0.4, 0.5) is 19.1 Å². The normalized spacial score (nSPS) is 13.8. The molecule has 0 radical (unpaired) electrons. The van der Waals surface area contributed by atoms with Crippen molar-refractivity contribution >= 4 is 11.9 Å². The third kappa shape index (κ3) is 3.40. The Morgan fingerprint density at radius 2 is 2.00 bits per heavy atom. The quantitative estimate of drug-likeness (QED) is 0.516. The topological polar surface area (TPSA) is 108 Å². The molecule has 2 aromatic heterocycles. The van der Waals surface area contributed by atoms with E-state index in [2.05, 4.69) is 15.4 Å². The number of aromatic nitrogens is 4. The fourth-order valence-electron chi connectivity index (χ4n) is 3.62. The Morgan fingerprint density at radius 1 is 1.27 bits per heavy atom. The first kappa shape index (κ1) is 19.6. The van der Waals surface area contributed by atoms with Gasteiger partial charge in [0.2, 0.25) is 0 Å². The smallest absolute Gasteiger partial charge is 0.390 e. The van der Waals surface area contributed by atoms with Crippen molar-refractivity contribution in [3.63, 3.8) is 0 Å². The van der Waals surface area contributed by atoms with E-state index < -0.39 is 28.6 Å². The molecule has 1 aliphatic heterocycles. The number of aryl methyl sites for hydroxylation is 1. The summed E-state index contributed by atoms with van der Waals surface area (Å²) < 4.78 is 43.0. The molecule has 1 aromatic carbocycles.